The van der Waals surface area contributed by atoms with Crippen LogP contribution in [0.4, 0.5) is 0 Å². The van der Waals surface area contributed by atoms with Gasteiger partial charge in [0.05, 0.1) is 36.4 Å². The minimum atomic E-state index is -1.35. The Morgan fingerprint density at radius 3 is 2.33 bits per heavy atom. The third-order valence-corrected chi connectivity index (χ3v) is 10.7. The van der Waals surface area contributed by atoms with Gasteiger partial charge in [0.2, 0.25) is 0 Å². The van der Waals surface area contributed by atoms with Crippen LogP contribution in [0.5, 0.6) is 0 Å². The van der Waals surface area contributed by atoms with Gasteiger partial charge in [0, 0.05) is 45.8 Å². The number of likely N-dealkylation sites (N-methyl/N-ethyl adjacent to an activating group) is 1. The predicted octanol–water partition coefficient (Wildman–Crippen LogP) is 2.67. The number of aldehydes is 1. The number of carbonyl (C=O) groups is 4. The smallest absolute Gasteiger partial charge is 0.309 e. The van der Waals surface area contributed by atoms with Gasteiger partial charge in [0.25, 0.3) is 0 Å². The molecule has 0 aromatic rings. The van der Waals surface area contributed by atoms with Gasteiger partial charge in [-0.05, 0) is 60.2 Å². The summed E-state index contributed by atoms with van der Waals surface area (Å²) in [6, 6.07) is -0.723. The van der Waals surface area contributed by atoms with Crippen molar-refractivity contribution in [2.75, 3.05) is 28.3 Å². The van der Waals surface area contributed by atoms with Crippen LogP contribution >= 0.6 is 0 Å². The van der Waals surface area contributed by atoms with E-state index in [-0.39, 0.29) is 31.5 Å². The molecule has 0 unspecified atom stereocenters. The Labute approximate surface area is 319 Å². The highest BCUT2D eigenvalue weighted by Crippen LogP contribution is 2.37. The highest BCUT2D eigenvalue weighted by atomic mass is 16.7. The lowest BCUT2D eigenvalue weighted by Crippen LogP contribution is -2.66. The minimum Gasteiger partial charge on any atom is -0.462 e. The molecule has 0 spiro atoms. The normalized spacial score (nSPS) is 41.5. The number of cyclic esters (lactones) is 1. The van der Waals surface area contributed by atoms with Crippen molar-refractivity contribution >= 4 is 24.0 Å². The molecule has 2 fully saturated rings. The highest BCUT2D eigenvalue weighted by Gasteiger charge is 2.52. The average Bonchev–Trinajstić information content (AvgIpc) is 3.11. The number of nitrogens with zero attached hydrogens (tertiary/aromatic N) is 1. The van der Waals surface area contributed by atoms with E-state index in [9.17, 15) is 29.4 Å². The maximum atomic E-state index is 13.3. The van der Waals surface area contributed by atoms with Crippen molar-refractivity contribution in [2.45, 2.75) is 159 Å². The van der Waals surface area contributed by atoms with Gasteiger partial charge >= 0.3 is 11.9 Å². The van der Waals surface area contributed by atoms with Crippen LogP contribution in [0.15, 0.2) is 24.3 Å². The van der Waals surface area contributed by atoms with Crippen molar-refractivity contribution in [1.82, 2.24) is 4.90 Å². The van der Waals surface area contributed by atoms with E-state index in [4.69, 9.17) is 37.9 Å². The maximum Gasteiger partial charge on any atom is 0.309 e. The topological polar surface area (TPSA) is 186 Å². The Morgan fingerprint density at radius 2 is 1.72 bits per heavy atom. The molecule has 0 amide bonds. The maximum absolute atomic E-state index is 13.3. The summed E-state index contributed by atoms with van der Waals surface area (Å²) in [6.45, 7) is 10.3. The Morgan fingerprint density at radius 1 is 1.02 bits per heavy atom. The zero-order valence-electron chi connectivity index (χ0n) is 33.5. The van der Waals surface area contributed by atoms with Gasteiger partial charge in [0.15, 0.2) is 18.4 Å². The van der Waals surface area contributed by atoms with Crippen LogP contribution in [0.2, 0.25) is 0 Å². The summed E-state index contributed by atoms with van der Waals surface area (Å²) in [5.74, 6) is -2.74. The van der Waals surface area contributed by atoms with E-state index >= 15 is 0 Å². The fraction of sp³-hybridized carbons (Fsp3) is 0.795. The van der Waals surface area contributed by atoms with Crippen molar-refractivity contribution in [2.24, 2.45) is 11.8 Å². The number of ketones is 1. The van der Waals surface area contributed by atoms with Gasteiger partial charge in [-0.2, -0.15) is 0 Å². The molecule has 15 heteroatoms. The SMILES string of the molecule is CCC(=O)O[C@@H]1CC(=O)O[C@H](C)C/C=C/C=C/C(=O)[C@H](C)C[C@H](CC=O)[C@H](O[C@@H]2O[C@H](C)[C@@H](O[C@H]3C[C@@](C)(OC)[C@@H](O)[C@H](C)O3)[C@H](N(C)C)[C@H]2O)[C@H]1OC. The van der Waals surface area contributed by atoms with Crippen molar-refractivity contribution in [3.63, 3.8) is 0 Å². The van der Waals surface area contributed by atoms with Crippen LogP contribution in [0, 0.1) is 11.8 Å². The molecule has 308 valence electrons. The molecular weight excluding hydrogens is 706 g/mol. The zero-order valence-corrected chi connectivity index (χ0v) is 33.5. The Kier molecular flexibility index (Phi) is 17.9. The molecule has 2 N–H and O–H groups in total. The van der Waals surface area contributed by atoms with Crippen LogP contribution in [0.3, 0.4) is 0 Å². The van der Waals surface area contributed by atoms with Crippen LogP contribution in [-0.4, -0.2) is 147 Å². The fourth-order valence-corrected chi connectivity index (χ4v) is 7.47. The number of ether oxygens (including phenoxy) is 8. The van der Waals surface area contributed by atoms with Gasteiger partial charge in [-0.15, -0.1) is 0 Å². The first-order valence-corrected chi connectivity index (χ1v) is 18.9. The van der Waals surface area contributed by atoms with Gasteiger partial charge in [-0.25, -0.2) is 0 Å². The van der Waals surface area contributed by atoms with E-state index in [1.165, 1.54) is 20.3 Å². The first-order valence-electron chi connectivity index (χ1n) is 18.9. The molecule has 0 aromatic heterocycles. The summed E-state index contributed by atoms with van der Waals surface area (Å²) >= 11 is 0. The molecule has 0 bridgehead atoms. The molecule has 0 aromatic carbocycles. The van der Waals surface area contributed by atoms with E-state index in [0.29, 0.717) is 12.7 Å². The zero-order chi connectivity index (χ0) is 40.3. The van der Waals surface area contributed by atoms with Crippen molar-refractivity contribution in [3.05, 3.63) is 24.3 Å². The summed E-state index contributed by atoms with van der Waals surface area (Å²) in [7, 11) is 6.42. The number of methoxy groups -OCH3 is 2. The minimum absolute atomic E-state index is 0.00415. The molecular formula is C39H63NO14. The van der Waals surface area contributed by atoms with Gasteiger partial charge in [-0.1, -0.05) is 32.1 Å². The lowest BCUT2D eigenvalue weighted by atomic mass is 9.83. The first-order chi connectivity index (χ1) is 25.5. The number of carbonyl (C=O) groups excluding carboxylic acids is 4. The third kappa shape index (κ3) is 12.0. The second-order valence-electron chi connectivity index (χ2n) is 15.1. The molecule has 0 aliphatic carbocycles. The Bertz CT molecular complexity index is 1290. The van der Waals surface area contributed by atoms with E-state index in [0.717, 1.165) is 0 Å². The third-order valence-electron chi connectivity index (χ3n) is 10.7. The molecule has 3 heterocycles. The van der Waals surface area contributed by atoms with Gasteiger partial charge in [-0.3, -0.25) is 14.4 Å². The molecule has 3 rings (SSSR count). The number of esters is 2. The number of hydrogen-bond donors (Lipinski definition) is 2. The van der Waals surface area contributed by atoms with Crippen molar-refractivity contribution in [1.29, 1.82) is 0 Å². The number of aliphatic hydroxyl groups excluding tert-OH is 2. The number of aliphatic hydroxyl groups is 2. The summed E-state index contributed by atoms with van der Waals surface area (Å²) in [4.78, 5) is 53.3. The van der Waals surface area contributed by atoms with Gasteiger partial charge < -0.3 is 57.8 Å². The second-order valence-corrected chi connectivity index (χ2v) is 15.1. The predicted molar refractivity (Wildman–Crippen MR) is 195 cm³/mol. The number of rotatable bonds is 11. The van der Waals surface area contributed by atoms with Crippen LogP contribution in [0.1, 0.15) is 80.1 Å². The number of hydrogen-bond acceptors (Lipinski definition) is 15. The number of allylic oxidation sites excluding steroid dienone is 3. The van der Waals surface area contributed by atoms with E-state index in [2.05, 4.69) is 0 Å². The van der Waals surface area contributed by atoms with E-state index in [1.807, 2.05) is 0 Å². The molecule has 3 aliphatic rings. The van der Waals surface area contributed by atoms with Gasteiger partial charge in [0.1, 0.15) is 42.9 Å². The van der Waals surface area contributed by atoms with Crippen molar-refractivity contribution < 1.29 is 67.3 Å². The standard InChI is InChI=1S/C39H63NO14/c1-11-29(43)52-28-20-30(44)49-23(3)15-13-12-14-16-27(42)22(2)19-26(17-18-41)35(36(28)47-9)54-38-33(45)32(40(7)8)34(24(4)51-38)53-31-21-39(6,48-10)37(46)25(5)50-31/h12-14,16,18,22-26,28,31-38,45-46H,11,15,17,19-21H2,1-10H3/b13-12+,16-14+/t22-,23-,24-,25+,26+,28-,31+,32-,33-,34-,35+,36+,37+,38+,39-/m1/s1. The van der Waals surface area contributed by atoms with E-state index < -0.39 is 109 Å². The van der Waals surface area contributed by atoms with E-state index in [1.54, 1.807) is 78.8 Å². The van der Waals surface area contributed by atoms with Crippen LogP contribution in [-0.2, 0) is 57.1 Å². The summed E-state index contributed by atoms with van der Waals surface area (Å²) in [5, 5.41) is 22.7. The summed E-state index contributed by atoms with van der Waals surface area (Å²) in [5.41, 5.74) is -0.945. The van der Waals surface area contributed by atoms with Crippen LogP contribution in [0.25, 0.3) is 0 Å². The second kappa shape index (κ2) is 21.1. The molecule has 15 atom stereocenters. The fourth-order valence-electron chi connectivity index (χ4n) is 7.47. The summed E-state index contributed by atoms with van der Waals surface area (Å²) < 4.78 is 48.6. The average molecular weight is 770 g/mol. The quantitative estimate of drug-likeness (QED) is 0.231. The van der Waals surface area contributed by atoms with Crippen molar-refractivity contribution in [3.8, 4) is 0 Å². The lowest BCUT2D eigenvalue weighted by Gasteiger charge is -2.50. The Balaban J connectivity index is 2.05. The lowest BCUT2D eigenvalue weighted by molar-refractivity contribution is -0.345. The highest BCUT2D eigenvalue weighted by molar-refractivity contribution is 5.91. The molecule has 0 radical (unpaired) electrons. The first kappa shape index (κ1) is 45.8. The molecule has 2 saturated heterocycles. The molecule has 15 nitrogen and oxygen atoms in total. The molecule has 54 heavy (non-hydrogen) atoms. The summed E-state index contributed by atoms with van der Waals surface area (Å²) in [6.07, 6.45) is -3.03. The van der Waals surface area contributed by atoms with Crippen LogP contribution < -0.4 is 0 Å². The molecule has 0 saturated carbocycles. The monoisotopic (exact) mass is 769 g/mol. The largest absolute Gasteiger partial charge is 0.462 e. The Hall–Kier alpha value is -2.60. The molecule has 3 aliphatic heterocycles.